The molecule has 3 aliphatic carbocycles. The van der Waals surface area contributed by atoms with Gasteiger partial charge in [-0.15, -0.1) is 0 Å². The topological polar surface area (TPSA) is 39.4 Å². The summed E-state index contributed by atoms with van der Waals surface area (Å²) in [5.41, 5.74) is 9.34. The van der Waals surface area contributed by atoms with E-state index in [9.17, 15) is 2.74 Å². The van der Waals surface area contributed by atoms with Crippen LogP contribution in [0.5, 0.6) is 11.5 Å². The maximum Gasteiger partial charge on any atom is 0.195 e. The van der Waals surface area contributed by atoms with Crippen molar-refractivity contribution in [2.75, 3.05) is 0 Å². The number of aromatic nitrogens is 3. The fourth-order valence-electron chi connectivity index (χ4n) is 13.6. The molecule has 1 unspecified atom stereocenters. The van der Waals surface area contributed by atoms with Crippen molar-refractivity contribution in [1.82, 2.24) is 14.4 Å². The van der Waals surface area contributed by atoms with Gasteiger partial charge >= 0.3 is 0 Å². The summed E-state index contributed by atoms with van der Waals surface area (Å²) in [6, 6.07) is 65.1. The number of fused-ring (bicyclic) bond motifs is 11. The summed E-state index contributed by atoms with van der Waals surface area (Å²) in [6.07, 6.45) is 9.78. The van der Waals surface area contributed by atoms with Gasteiger partial charge in [0.2, 0.25) is 0 Å². The fourth-order valence-corrected chi connectivity index (χ4v) is 18.4. The lowest BCUT2D eigenvalue weighted by Gasteiger charge is -2.39. The Labute approximate surface area is 438 Å². The van der Waals surface area contributed by atoms with E-state index in [1.54, 1.807) is 11.3 Å². The SMILES string of the molecule is [2H]C1(c2ccc3c(c2)sc2nc4c(-c5ccc6c(c5)C(C)(C)c5cccc([Si](C)(c7ccccc7)c7ccc8/c(c7)=c7/cccc/c7=c7\nccc\c7=c7/cccc/c7=8)c5O6)c(C5([2H])CCCC5)ccc4n23)CCCC1. The molecule has 1 aliphatic heterocycles. The van der Waals surface area contributed by atoms with E-state index in [1.807, 2.05) is 12.3 Å². The average molecular weight is 994 g/mol. The van der Waals surface area contributed by atoms with Gasteiger partial charge in [-0.1, -0.05) is 197 Å². The Morgan fingerprint density at radius 2 is 1.28 bits per heavy atom. The van der Waals surface area contributed by atoms with Gasteiger partial charge in [0.05, 0.1) is 26.6 Å². The van der Waals surface area contributed by atoms with Crippen molar-refractivity contribution in [1.29, 1.82) is 0 Å². The quantitative estimate of drug-likeness (QED) is 0.123. The van der Waals surface area contributed by atoms with Crippen molar-refractivity contribution in [2.45, 2.75) is 89.0 Å². The molecule has 0 radical (unpaired) electrons. The molecule has 15 rings (SSSR count). The van der Waals surface area contributed by atoms with Crippen molar-refractivity contribution >= 4 is 61.2 Å². The molecule has 3 aromatic heterocycles. The Morgan fingerprint density at radius 1 is 0.595 bits per heavy atom. The summed E-state index contributed by atoms with van der Waals surface area (Å²) in [6.45, 7) is 7.23. The van der Waals surface area contributed by atoms with Crippen LogP contribution in [0.3, 0.4) is 0 Å². The number of nitrogens with zero attached hydrogens (tertiary/aromatic N) is 3. The van der Waals surface area contributed by atoms with Crippen molar-refractivity contribution in [3.63, 3.8) is 0 Å². The molecule has 0 saturated heterocycles. The molecule has 360 valence electrons. The van der Waals surface area contributed by atoms with Gasteiger partial charge in [-0.05, 0) is 132 Å². The predicted octanol–water partition coefficient (Wildman–Crippen LogP) is 15.1. The van der Waals surface area contributed by atoms with Crippen LogP contribution in [0.25, 0.3) is 37.3 Å². The third-order valence-corrected chi connectivity index (χ3v) is 22.9. The van der Waals surface area contributed by atoms with E-state index in [-0.39, 0.29) is 0 Å². The first-order valence-electron chi connectivity index (χ1n) is 27.7. The predicted molar refractivity (Wildman–Crippen MR) is 306 cm³/mol. The number of benzene rings is 8. The zero-order valence-corrected chi connectivity index (χ0v) is 44.0. The van der Waals surface area contributed by atoms with Gasteiger partial charge in [-0.3, -0.25) is 9.38 Å². The third-order valence-electron chi connectivity index (χ3n) is 17.5. The molecule has 0 spiro atoms. The molecule has 74 heavy (non-hydrogen) atoms. The second-order valence-electron chi connectivity index (χ2n) is 21.9. The molecule has 2 fully saturated rings. The van der Waals surface area contributed by atoms with Gasteiger partial charge in [-0.2, -0.15) is 0 Å². The molecule has 0 N–H and O–H groups in total. The fraction of sp³-hybridized carbons (Fsp3) is 0.206. The first-order chi connectivity index (χ1) is 37.0. The van der Waals surface area contributed by atoms with E-state index in [0.717, 1.165) is 128 Å². The number of rotatable bonds is 6. The van der Waals surface area contributed by atoms with Gasteiger partial charge in [0.15, 0.2) is 4.96 Å². The number of imidazole rings is 1. The van der Waals surface area contributed by atoms with E-state index >= 15 is 0 Å². The maximum atomic E-state index is 10.0. The molecule has 4 aliphatic rings. The smallest absolute Gasteiger partial charge is 0.195 e. The zero-order chi connectivity index (χ0) is 51.1. The Bertz CT molecular complexity index is 4670. The molecule has 4 heterocycles. The molecular weight excluding hydrogens is 935 g/mol. The average Bonchev–Trinajstić information content (AvgIpc) is 4.28. The summed E-state index contributed by atoms with van der Waals surface area (Å²) < 4.78 is 30.2. The van der Waals surface area contributed by atoms with Gasteiger partial charge in [0, 0.05) is 41.5 Å². The van der Waals surface area contributed by atoms with Crippen LogP contribution in [0.15, 0.2) is 182 Å². The van der Waals surface area contributed by atoms with Crippen LogP contribution < -0.4 is 20.3 Å². The minimum absolute atomic E-state index is 0.437. The first kappa shape index (κ1) is 42.0. The highest BCUT2D eigenvalue weighted by Gasteiger charge is 2.43. The second-order valence-corrected chi connectivity index (χ2v) is 26.8. The minimum Gasteiger partial charge on any atom is -0.457 e. The number of pyridine rings is 1. The summed E-state index contributed by atoms with van der Waals surface area (Å²) in [5, 5.41) is 13.1. The molecule has 1 atom stereocenters. The van der Waals surface area contributed by atoms with Crippen LogP contribution in [0, 0.1) is 41.9 Å². The van der Waals surface area contributed by atoms with Crippen LogP contribution in [0.4, 0.5) is 0 Å². The molecule has 6 heteroatoms. The molecule has 0 amide bonds. The Morgan fingerprint density at radius 3 is 2.08 bits per heavy atom. The van der Waals surface area contributed by atoms with Crippen molar-refractivity contribution in [2.24, 2.45) is 0 Å². The number of hydrogen-bond acceptors (Lipinski definition) is 4. The second kappa shape index (κ2) is 16.8. The van der Waals surface area contributed by atoms with Gasteiger partial charge < -0.3 is 4.74 Å². The monoisotopic (exact) mass is 993 g/mol. The van der Waals surface area contributed by atoms with E-state index in [0.29, 0.717) is 0 Å². The van der Waals surface area contributed by atoms with Crippen LogP contribution >= 0.6 is 11.3 Å². The lowest BCUT2D eigenvalue weighted by molar-refractivity contribution is 0.421. The maximum absolute atomic E-state index is 10.0. The summed E-state index contributed by atoms with van der Waals surface area (Å²) in [5.74, 6) is 0.622. The van der Waals surface area contributed by atoms with Crippen LogP contribution in [0.1, 0.15) is 102 Å². The highest BCUT2D eigenvalue weighted by Crippen LogP contribution is 2.51. The van der Waals surface area contributed by atoms with Gasteiger partial charge in [0.1, 0.15) is 19.6 Å². The van der Waals surface area contributed by atoms with E-state index in [4.69, 9.17) is 14.7 Å². The molecular formula is C68H57N3OSSi. The minimum atomic E-state index is -2.86. The summed E-state index contributed by atoms with van der Waals surface area (Å²) in [7, 11) is -2.86. The molecule has 11 aromatic rings. The van der Waals surface area contributed by atoms with Crippen LogP contribution in [-0.2, 0) is 5.41 Å². The van der Waals surface area contributed by atoms with Crippen molar-refractivity contribution in [3.05, 3.63) is 246 Å². The number of thiazole rings is 1. The lowest BCUT2D eigenvalue weighted by atomic mass is 9.74. The number of ether oxygens (including phenoxy) is 1. The highest BCUT2D eigenvalue weighted by molar-refractivity contribution is 7.23. The largest absolute Gasteiger partial charge is 0.457 e. The Hall–Kier alpha value is -7.38. The standard InChI is InChI=1S/C68H57N3OSSi/c1-68(2)56-28-15-29-62(74(3,46-21-5-4-6-22-46)47-32-33-52-49-23-11-12-24-50(49)54-27-16-38-69-64(54)53-26-14-13-25-51(53)55(52)41-47)66(56)72-60-37-31-45(39-57(60)68)63-48(43-19-9-10-20-43)34-36-59-65(63)70-67-71(59)58-35-30-44(40-61(58)73-67)42-17-7-8-18-42/h4-6,11-16,21-43H,7-10,17-20H2,1-3H3/b52-49-,54-50-,55-51-,64-53+/i42D,43D. The molecule has 2 saturated carbocycles. The lowest BCUT2D eigenvalue weighted by Crippen LogP contribution is -2.65. The number of para-hydroxylation sites is 1. The summed E-state index contributed by atoms with van der Waals surface area (Å²) >= 11 is 1.72. The Kier molecular flexibility index (Phi) is 9.55. The van der Waals surface area contributed by atoms with E-state index < -0.39 is 25.3 Å². The molecule has 8 aromatic carbocycles. The molecule has 0 bridgehead atoms. The summed E-state index contributed by atoms with van der Waals surface area (Å²) in [4.78, 5) is 11.5. The Balaban J connectivity index is 0.913. The highest BCUT2D eigenvalue weighted by atomic mass is 32.1. The third kappa shape index (κ3) is 6.56. The van der Waals surface area contributed by atoms with Crippen LogP contribution in [0.2, 0.25) is 6.55 Å². The number of hydrogen-bond donors (Lipinski definition) is 0. The normalized spacial score (nSPS) is 19.8. The zero-order valence-electron chi connectivity index (χ0n) is 44.1. The van der Waals surface area contributed by atoms with E-state index in [1.165, 1.54) is 51.9 Å². The van der Waals surface area contributed by atoms with Crippen molar-refractivity contribution < 1.29 is 7.48 Å². The van der Waals surface area contributed by atoms with Crippen molar-refractivity contribution in [3.8, 4) is 22.6 Å². The first-order valence-corrected chi connectivity index (χ1v) is 30.0. The molecule has 4 nitrogen and oxygen atoms in total. The van der Waals surface area contributed by atoms with Gasteiger partial charge in [0.25, 0.3) is 0 Å². The van der Waals surface area contributed by atoms with Crippen LogP contribution in [-0.4, -0.2) is 22.4 Å². The van der Waals surface area contributed by atoms with Gasteiger partial charge in [-0.25, -0.2) is 4.98 Å². The van der Waals surface area contributed by atoms with E-state index in [2.05, 4.69) is 195 Å².